The third-order valence-electron chi connectivity index (χ3n) is 4.88. The molecular weight excluding hydrogens is 364 g/mol. The molecule has 1 amide bonds. The third-order valence-corrected chi connectivity index (χ3v) is 6.65. The highest BCUT2D eigenvalue weighted by Crippen LogP contribution is 2.19. The van der Waals surface area contributed by atoms with Gasteiger partial charge >= 0.3 is 0 Å². The smallest absolute Gasteiger partial charge is 0.234 e. The molecule has 1 atom stereocenters. The van der Waals surface area contributed by atoms with Crippen LogP contribution in [-0.4, -0.2) is 60.1 Å². The molecule has 1 N–H and O–H groups in total. The number of hydrogen-bond acceptors (Lipinski definition) is 5. The van der Waals surface area contributed by atoms with Crippen LogP contribution in [-0.2, 0) is 21.2 Å². The van der Waals surface area contributed by atoms with Crippen molar-refractivity contribution in [3.63, 3.8) is 0 Å². The van der Waals surface area contributed by atoms with Crippen LogP contribution < -0.4 is 5.32 Å². The predicted molar refractivity (Wildman–Crippen MR) is 105 cm³/mol. The zero-order chi connectivity index (χ0) is 19.6. The normalized spacial score (nSPS) is 18.7. The van der Waals surface area contributed by atoms with E-state index in [1.807, 2.05) is 60.8 Å². The van der Waals surface area contributed by atoms with Gasteiger partial charge in [0, 0.05) is 23.8 Å². The number of likely N-dealkylation sites (N-methyl/N-ethyl adjacent to an activating group) is 1. The number of carbonyl (C=O) groups is 1. The fourth-order valence-electron chi connectivity index (χ4n) is 3.48. The van der Waals surface area contributed by atoms with Crippen molar-refractivity contribution in [2.75, 3.05) is 25.1 Å². The number of amides is 1. The average Bonchev–Trinajstić information content (AvgIpc) is 3.08. The number of nitrogens with zero attached hydrogens (tertiary/aromatic N) is 3. The molecule has 2 aromatic rings. The van der Waals surface area contributed by atoms with E-state index in [1.54, 1.807) is 0 Å². The summed E-state index contributed by atoms with van der Waals surface area (Å²) in [6.45, 7) is 4.81. The van der Waals surface area contributed by atoms with E-state index in [-0.39, 0.29) is 30.0 Å². The van der Waals surface area contributed by atoms with E-state index in [0.717, 1.165) is 22.6 Å². The van der Waals surface area contributed by atoms with Gasteiger partial charge in [0.25, 0.3) is 0 Å². The average molecular weight is 391 g/mol. The molecule has 1 saturated heterocycles. The number of aryl methyl sites for hydroxylation is 1. The fraction of sp³-hybridized carbons (Fsp3) is 0.474. The van der Waals surface area contributed by atoms with Crippen molar-refractivity contribution in [1.82, 2.24) is 20.0 Å². The van der Waals surface area contributed by atoms with Gasteiger partial charge in [0.1, 0.15) is 0 Å². The Morgan fingerprint density at radius 1 is 1.30 bits per heavy atom. The van der Waals surface area contributed by atoms with Gasteiger partial charge in [0.15, 0.2) is 9.84 Å². The molecule has 27 heavy (non-hydrogen) atoms. The molecule has 0 bridgehead atoms. The Morgan fingerprint density at radius 3 is 2.63 bits per heavy atom. The molecule has 0 unspecified atom stereocenters. The second kappa shape index (κ2) is 7.82. The summed E-state index contributed by atoms with van der Waals surface area (Å²) in [4.78, 5) is 14.2. The lowest BCUT2D eigenvalue weighted by atomic mass is 10.2. The zero-order valence-corrected chi connectivity index (χ0v) is 16.8. The number of para-hydroxylation sites is 1. The summed E-state index contributed by atoms with van der Waals surface area (Å²) in [5.74, 6) is 0.0559. The van der Waals surface area contributed by atoms with Gasteiger partial charge in [-0.15, -0.1) is 0 Å². The Balaban J connectivity index is 1.62. The van der Waals surface area contributed by atoms with Gasteiger partial charge < -0.3 is 5.32 Å². The monoisotopic (exact) mass is 390 g/mol. The van der Waals surface area contributed by atoms with Gasteiger partial charge in [-0.25, -0.2) is 13.1 Å². The second-order valence-electron chi connectivity index (χ2n) is 7.24. The van der Waals surface area contributed by atoms with Gasteiger partial charge in [-0.05, 0) is 39.4 Å². The Bertz CT molecular complexity index is 922. The van der Waals surface area contributed by atoms with Crippen LogP contribution in [0.15, 0.2) is 30.3 Å². The van der Waals surface area contributed by atoms with Crippen LogP contribution in [0.1, 0.15) is 23.4 Å². The number of carbonyl (C=O) groups excluding carboxylic acids is 1. The van der Waals surface area contributed by atoms with Gasteiger partial charge in [0.2, 0.25) is 5.91 Å². The lowest BCUT2D eigenvalue weighted by molar-refractivity contribution is -0.122. The summed E-state index contributed by atoms with van der Waals surface area (Å²) >= 11 is 0. The van der Waals surface area contributed by atoms with E-state index in [4.69, 9.17) is 0 Å². The van der Waals surface area contributed by atoms with Crippen LogP contribution in [0.4, 0.5) is 0 Å². The maximum atomic E-state index is 12.2. The Hall–Kier alpha value is -2.19. The number of sulfone groups is 1. The van der Waals surface area contributed by atoms with Crippen molar-refractivity contribution in [3.8, 4) is 5.69 Å². The van der Waals surface area contributed by atoms with Gasteiger partial charge in [-0.1, -0.05) is 18.2 Å². The van der Waals surface area contributed by atoms with Crippen LogP contribution in [0, 0.1) is 13.8 Å². The molecule has 146 valence electrons. The first-order chi connectivity index (χ1) is 12.7. The Kier molecular flexibility index (Phi) is 5.67. The maximum Gasteiger partial charge on any atom is 0.234 e. The molecule has 0 aliphatic carbocycles. The van der Waals surface area contributed by atoms with E-state index in [1.165, 1.54) is 0 Å². The molecule has 1 aliphatic rings. The SMILES string of the molecule is Cc1nn(-c2ccccc2)c(C)c1CN(C)CC(=O)N[C@@H]1CCS(=O)(=O)C1. The molecule has 0 spiro atoms. The van der Waals surface area contributed by atoms with Crippen molar-refractivity contribution in [3.05, 3.63) is 47.3 Å². The number of hydrogen-bond donors (Lipinski definition) is 1. The van der Waals surface area contributed by atoms with E-state index < -0.39 is 9.84 Å². The zero-order valence-electron chi connectivity index (χ0n) is 16.0. The molecule has 1 aromatic carbocycles. The maximum absolute atomic E-state index is 12.2. The second-order valence-corrected chi connectivity index (χ2v) is 9.47. The topological polar surface area (TPSA) is 84.3 Å². The molecule has 1 aliphatic heterocycles. The first kappa shape index (κ1) is 19.6. The number of rotatable bonds is 6. The van der Waals surface area contributed by atoms with Crippen LogP contribution in [0.5, 0.6) is 0 Å². The minimum absolute atomic E-state index is 0.0461. The molecule has 0 radical (unpaired) electrons. The largest absolute Gasteiger partial charge is 0.351 e. The molecule has 1 fully saturated rings. The van der Waals surface area contributed by atoms with Crippen LogP contribution in [0.3, 0.4) is 0 Å². The lowest BCUT2D eigenvalue weighted by Gasteiger charge is -2.18. The van der Waals surface area contributed by atoms with Crippen molar-refractivity contribution in [2.24, 2.45) is 0 Å². The summed E-state index contributed by atoms with van der Waals surface area (Å²) in [7, 11) is -1.11. The summed E-state index contributed by atoms with van der Waals surface area (Å²) in [5, 5.41) is 7.47. The van der Waals surface area contributed by atoms with Crippen LogP contribution in [0.25, 0.3) is 5.69 Å². The number of benzene rings is 1. The molecule has 2 heterocycles. The Morgan fingerprint density at radius 2 is 2.00 bits per heavy atom. The van der Waals surface area contributed by atoms with Gasteiger partial charge in [-0.3, -0.25) is 9.69 Å². The van der Waals surface area contributed by atoms with Crippen molar-refractivity contribution < 1.29 is 13.2 Å². The minimum Gasteiger partial charge on any atom is -0.351 e. The quantitative estimate of drug-likeness (QED) is 0.802. The fourth-order valence-corrected chi connectivity index (χ4v) is 5.15. The molecule has 3 rings (SSSR count). The summed E-state index contributed by atoms with van der Waals surface area (Å²) in [6, 6.07) is 9.68. The first-order valence-corrected chi connectivity index (χ1v) is 10.9. The number of nitrogens with one attached hydrogen (secondary N) is 1. The molecule has 8 heteroatoms. The highest BCUT2D eigenvalue weighted by Gasteiger charge is 2.29. The van der Waals surface area contributed by atoms with Crippen molar-refractivity contribution in [2.45, 2.75) is 32.9 Å². The van der Waals surface area contributed by atoms with E-state index in [9.17, 15) is 13.2 Å². The first-order valence-electron chi connectivity index (χ1n) is 9.04. The van der Waals surface area contributed by atoms with E-state index in [0.29, 0.717) is 13.0 Å². The third kappa shape index (κ3) is 4.75. The van der Waals surface area contributed by atoms with Crippen molar-refractivity contribution >= 4 is 15.7 Å². The Labute approximate surface area is 160 Å². The van der Waals surface area contributed by atoms with Crippen molar-refractivity contribution in [1.29, 1.82) is 0 Å². The predicted octanol–water partition coefficient (Wildman–Crippen LogP) is 1.22. The highest BCUT2D eigenvalue weighted by molar-refractivity contribution is 7.91. The van der Waals surface area contributed by atoms with Crippen LogP contribution in [0.2, 0.25) is 0 Å². The molecular formula is C19H26N4O3S. The number of aromatic nitrogens is 2. The van der Waals surface area contributed by atoms with E-state index in [2.05, 4.69) is 10.4 Å². The van der Waals surface area contributed by atoms with Gasteiger partial charge in [0.05, 0.1) is 29.4 Å². The van der Waals surface area contributed by atoms with E-state index >= 15 is 0 Å². The molecule has 0 saturated carbocycles. The molecule has 1 aromatic heterocycles. The standard InChI is InChI=1S/C19H26N4O3S/c1-14-18(15(2)23(21-14)17-7-5-4-6-8-17)11-22(3)12-19(24)20-16-9-10-27(25,26)13-16/h4-8,16H,9-13H2,1-3H3,(H,20,24)/t16-/m1/s1. The summed E-state index contributed by atoms with van der Waals surface area (Å²) in [5.41, 5.74) is 4.09. The highest BCUT2D eigenvalue weighted by atomic mass is 32.2. The minimum atomic E-state index is -2.99. The lowest BCUT2D eigenvalue weighted by Crippen LogP contribution is -2.41. The summed E-state index contributed by atoms with van der Waals surface area (Å²) < 4.78 is 24.9. The summed E-state index contributed by atoms with van der Waals surface area (Å²) in [6.07, 6.45) is 0.500. The van der Waals surface area contributed by atoms with Gasteiger partial charge in [-0.2, -0.15) is 5.10 Å². The van der Waals surface area contributed by atoms with Crippen LogP contribution >= 0.6 is 0 Å². The molecule has 7 nitrogen and oxygen atoms in total.